The highest BCUT2D eigenvalue weighted by atomic mass is 16.2. The number of nitrogens with zero attached hydrogens (tertiary/aromatic N) is 1. The summed E-state index contributed by atoms with van der Waals surface area (Å²) >= 11 is 0. The molecule has 2 amide bonds. The van der Waals surface area contributed by atoms with Crippen molar-refractivity contribution in [1.29, 1.82) is 5.26 Å². The van der Waals surface area contributed by atoms with Crippen molar-refractivity contribution in [1.82, 2.24) is 5.32 Å². The highest BCUT2D eigenvalue weighted by Gasteiger charge is 2.02. The Kier molecular flexibility index (Phi) is 3.69. The third-order valence-electron chi connectivity index (χ3n) is 1.69. The lowest BCUT2D eigenvalue weighted by Gasteiger charge is -2.09. The number of urea groups is 1. The standard InChI is InChI=1S/C11H13N3O/c1-8(2)13-11(15)14-10-5-3-9(7-12)4-6-10/h3-6,8H,1-2H3,(H2,13,14,15). The van der Waals surface area contributed by atoms with E-state index < -0.39 is 0 Å². The van der Waals surface area contributed by atoms with Gasteiger partial charge in [-0.25, -0.2) is 4.79 Å². The molecule has 78 valence electrons. The summed E-state index contributed by atoms with van der Waals surface area (Å²) in [6.07, 6.45) is 0. The third-order valence-corrected chi connectivity index (χ3v) is 1.69. The van der Waals surface area contributed by atoms with Gasteiger partial charge in [0.2, 0.25) is 0 Å². The van der Waals surface area contributed by atoms with Crippen LogP contribution in [-0.2, 0) is 0 Å². The predicted molar refractivity (Wildman–Crippen MR) is 58.4 cm³/mol. The van der Waals surface area contributed by atoms with Crippen LogP contribution < -0.4 is 10.6 Å². The van der Waals surface area contributed by atoms with E-state index in [1.807, 2.05) is 19.9 Å². The van der Waals surface area contributed by atoms with Crippen molar-refractivity contribution < 1.29 is 4.79 Å². The van der Waals surface area contributed by atoms with Gasteiger partial charge in [-0.15, -0.1) is 0 Å². The summed E-state index contributed by atoms with van der Waals surface area (Å²) in [4.78, 5) is 11.3. The Morgan fingerprint density at radius 3 is 2.40 bits per heavy atom. The van der Waals surface area contributed by atoms with E-state index in [0.29, 0.717) is 11.3 Å². The first-order chi connectivity index (χ1) is 7.11. The average molecular weight is 203 g/mol. The summed E-state index contributed by atoms with van der Waals surface area (Å²) in [5.74, 6) is 0. The largest absolute Gasteiger partial charge is 0.336 e. The number of hydrogen-bond acceptors (Lipinski definition) is 2. The van der Waals surface area contributed by atoms with Crippen LogP contribution in [0.1, 0.15) is 19.4 Å². The molecule has 0 fully saturated rings. The van der Waals surface area contributed by atoms with Gasteiger partial charge in [0.05, 0.1) is 11.6 Å². The summed E-state index contributed by atoms with van der Waals surface area (Å²) in [6, 6.07) is 8.57. The van der Waals surface area contributed by atoms with E-state index in [4.69, 9.17) is 5.26 Å². The molecule has 4 heteroatoms. The maximum absolute atomic E-state index is 11.3. The number of carbonyl (C=O) groups excluding carboxylic acids is 1. The first-order valence-electron chi connectivity index (χ1n) is 4.69. The van der Waals surface area contributed by atoms with Crippen molar-refractivity contribution >= 4 is 11.7 Å². The van der Waals surface area contributed by atoms with Crippen molar-refractivity contribution in [2.45, 2.75) is 19.9 Å². The molecule has 0 saturated heterocycles. The second kappa shape index (κ2) is 5.01. The van der Waals surface area contributed by atoms with Gasteiger partial charge in [0.25, 0.3) is 0 Å². The number of nitrogens with one attached hydrogen (secondary N) is 2. The molecule has 0 aliphatic carbocycles. The molecule has 0 heterocycles. The molecule has 15 heavy (non-hydrogen) atoms. The number of carbonyl (C=O) groups is 1. The minimum Gasteiger partial charge on any atom is -0.336 e. The zero-order valence-corrected chi connectivity index (χ0v) is 8.74. The van der Waals surface area contributed by atoms with E-state index in [0.717, 1.165) is 0 Å². The molecule has 1 aromatic rings. The van der Waals surface area contributed by atoms with Crippen LogP contribution in [0.25, 0.3) is 0 Å². The van der Waals surface area contributed by atoms with Crippen molar-refractivity contribution in [2.24, 2.45) is 0 Å². The van der Waals surface area contributed by atoms with E-state index in [1.165, 1.54) is 0 Å². The average Bonchev–Trinajstić information content (AvgIpc) is 2.17. The third kappa shape index (κ3) is 3.69. The SMILES string of the molecule is CC(C)NC(=O)Nc1ccc(C#N)cc1. The van der Waals surface area contributed by atoms with Gasteiger partial charge >= 0.3 is 6.03 Å². The monoisotopic (exact) mass is 203 g/mol. The summed E-state index contributed by atoms with van der Waals surface area (Å²) < 4.78 is 0. The van der Waals surface area contributed by atoms with Gasteiger partial charge in [-0.2, -0.15) is 5.26 Å². The zero-order valence-electron chi connectivity index (χ0n) is 8.74. The highest BCUT2D eigenvalue weighted by Crippen LogP contribution is 2.08. The zero-order chi connectivity index (χ0) is 11.3. The minimum atomic E-state index is -0.241. The first kappa shape index (κ1) is 11.1. The van der Waals surface area contributed by atoms with Crippen LogP contribution in [0.5, 0.6) is 0 Å². The molecule has 4 nitrogen and oxygen atoms in total. The molecule has 0 atom stereocenters. The Morgan fingerprint density at radius 2 is 1.93 bits per heavy atom. The smallest absolute Gasteiger partial charge is 0.319 e. The highest BCUT2D eigenvalue weighted by molar-refractivity contribution is 5.89. The Bertz CT molecular complexity index is 376. The van der Waals surface area contributed by atoms with Crippen LogP contribution in [0.3, 0.4) is 0 Å². The fourth-order valence-electron chi connectivity index (χ4n) is 1.06. The molecule has 1 rings (SSSR count). The number of anilines is 1. The first-order valence-corrected chi connectivity index (χ1v) is 4.69. The van der Waals surface area contributed by atoms with E-state index in [2.05, 4.69) is 10.6 Å². The molecule has 0 radical (unpaired) electrons. The number of hydrogen-bond donors (Lipinski definition) is 2. The lowest BCUT2D eigenvalue weighted by molar-refractivity contribution is 0.250. The number of benzene rings is 1. The van der Waals surface area contributed by atoms with Gasteiger partial charge in [-0.3, -0.25) is 0 Å². The molecule has 0 bridgehead atoms. The molecule has 0 aromatic heterocycles. The van der Waals surface area contributed by atoms with Gasteiger partial charge in [-0.1, -0.05) is 0 Å². The maximum Gasteiger partial charge on any atom is 0.319 e. The Morgan fingerprint density at radius 1 is 1.33 bits per heavy atom. The Hall–Kier alpha value is -2.02. The van der Waals surface area contributed by atoms with Crippen molar-refractivity contribution in [3.8, 4) is 6.07 Å². The molecule has 0 unspecified atom stereocenters. The van der Waals surface area contributed by atoms with Gasteiger partial charge in [0, 0.05) is 11.7 Å². The molecule has 0 saturated carbocycles. The molecule has 2 N–H and O–H groups in total. The van der Waals surface area contributed by atoms with Crippen LogP contribution in [-0.4, -0.2) is 12.1 Å². The summed E-state index contributed by atoms with van der Waals surface area (Å²) in [6.45, 7) is 3.77. The number of rotatable bonds is 2. The van der Waals surface area contributed by atoms with E-state index in [1.54, 1.807) is 24.3 Å². The van der Waals surface area contributed by atoms with Crippen LogP contribution in [0, 0.1) is 11.3 Å². The second-order valence-corrected chi connectivity index (χ2v) is 3.44. The molecular formula is C11H13N3O. The molecule has 0 spiro atoms. The lowest BCUT2D eigenvalue weighted by Crippen LogP contribution is -2.34. The van der Waals surface area contributed by atoms with Crippen LogP contribution >= 0.6 is 0 Å². The summed E-state index contributed by atoms with van der Waals surface area (Å²) in [7, 11) is 0. The number of nitriles is 1. The van der Waals surface area contributed by atoms with Gasteiger partial charge < -0.3 is 10.6 Å². The summed E-state index contributed by atoms with van der Waals surface area (Å²) in [5.41, 5.74) is 1.25. The number of amides is 2. The molecule has 0 aliphatic rings. The molecular weight excluding hydrogens is 190 g/mol. The fourth-order valence-corrected chi connectivity index (χ4v) is 1.06. The van der Waals surface area contributed by atoms with Gasteiger partial charge in [0.1, 0.15) is 0 Å². The van der Waals surface area contributed by atoms with E-state index in [-0.39, 0.29) is 12.1 Å². The minimum absolute atomic E-state index is 0.100. The lowest BCUT2D eigenvalue weighted by atomic mass is 10.2. The fraction of sp³-hybridized carbons (Fsp3) is 0.273. The maximum atomic E-state index is 11.3. The van der Waals surface area contributed by atoms with E-state index in [9.17, 15) is 4.79 Å². The van der Waals surface area contributed by atoms with Gasteiger partial charge in [0.15, 0.2) is 0 Å². The van der Waals surface area contributed by atoms with E-state index >= 15 is 0 Å². The van der Waals surface area contributed by atoms with Crippen molar-refractivity contribution in [3.63, 3.8) is 0 Å². The second-order valence-electron chi connectivity index (χ2n) is 3.44. The normalized spacial score (nSPS) is 9.47. The van der Waals surface area contributed by atoms with Gasteiger partial charge in [-0.05, 0) is 38.1 Å². The summed E-state index contributed by atoms with van der Waals surface area (Å²) in [5, 5.41) is 13.9. The quantitative estimate of drug-likeness (QED) is 0.772. The Balaban J connectivity index is 2.58. The Labute approximate surface area is 88.9 Å². The van der Waals surface area contributed by atoms with Crippen molar-refractivity contribution in [3.05, 3.63) is 29.8 Å². The molecule has 0 aliphatic heterocycles. The molecule has 1 aromatic carbocycles. The van der Waals surface area contributed by atoms with Crippen LogP contribution in [0.15, 0.2) is 24.3 Å². The topological polar surface area (TPSA) is 64.9 Å². The van der Waals surface area contributed by atoms with Crippen molar-refractivity contribution in [2.75, 3.05) is 5.32 Å². The predicted octanol–water partition coefficient (Wildman–Crippen LogP) is 2.09. The van der Waals surface area contributed by atoms with Crippen LogP contribution in [0.2, 0.25) is 0 Å². The van der Waals surface area contributed by atoms with Crippen LogP contribution in [0.4, 0.5) is 10.5 Å².